The number of hydrogen-bond donors (Lipinski definition) is 1. The number of rotatable bonds is 6. The Bertz CT molecular complexity index is 658. The Morgan fingerprint density at radius 1 is 1.48 bits per heavy atom. The van der Waals surface area contributed by atoms with Crippen LogP contribution in [0.15, 0.2) is 29.0 Å². The number of amides is 1. The molecule has 3 heterocycles. The van der Waals surface area contributed by atoms with Crippen molar-refractivity contribution in [3.8, 4) is 0 Å². The summed E-state index contributed by atoms with van der Waals surface area (Å²) in [5.74, 6) is 1.40. The van der Waals surface area contributed by atoms with Crippen LogP contribution in [0.3, 0.4) is 0 Å². The summed E-state index contributed by atoms with van der Waals surface area (Å²) >= 11 is 0. The fourth-order valence-electron chi connectivity index (χ4n) is 2.96. The van der Waals surface area contributed by atoms with Gasteiger partial charge in [-0.15, -0.1) is 0 Å². The topological polar surface area (TPSA) is 84.2 Å². The van der Waals surface area contributed by atoms with Gasteiger partial charge in [0.2, 0.25) is 11.8 Å². The molecule has 0 spiro atoms. The Kier molecular flexibility index (Phi) is 4.66. The second kappa shape index (κ2) is 6.87. The lowest BCUT2D eigenvalue weighted by atomic mass is 10.0. The summed E-state index contributed by atoms with van der Waals surface area (Å²) in [5.41, 5.74) is 1.02. The van der Waals surface area contributed by atoms with Crippen molar-refractivity contribution in [1.82, 2.24) is 25.3 Å². The van der Waals surface area contributed by atoms with E-state index >= 15 is 0 Å². The Hall–Kier alpha value is -2.28. The number of aromatic nitrogens is 3. The molecule has 0 saturated carbocycles. The molecule has 3 rings (SSSR count). The van der Waals surface area contributed by atoms with Gasteiger partial charge in [0.25, 0.3) is 0 Å². The van der Waals surface area contributed by atoms with Gasteiger partial charge < -0.3 is 14.7 Å². The lowest BCUT2D eigenvalue weighted by Gasteiger charge is -2.25. The third-order valence-corrected chi connectivity index (χ3v) is 4.11. The average Bonchev–Trinajstić information content (AvgIpc) is 3.12. The van der Waals surface area contributed by atoms with Crippen LogP contribution < -0.4 is 5.32 Å². The van der Waals surface area contributed by atoms with E-state index < -0.39 is 0 Å². The largest absolute Gasteiger partial charge is 0.338 e. The van der Waals surface area contributed by atoms with Crippen LogP contribution >= 0.6 is 0 Å². The van der Waals surface area contributed by atoms with Crippen molar-refractivity contribution in [2.45, 2.75) is 44.8 Å². The first-order valence-corrected chi connectivity index (χ1v) is 7.89. The number of aryl methyl sites for hydroxylation is 1. The van der Waals surface area contributed by atoms with Gasteiger partial charge in [-0.2, -0.15) is 4.98 Å². The first-order valence-electron chi connectivity index (χ1n) is 7.89. The molecule has 2 aromatic rings. The van der Waals surface area contributed by atoms with Gasteiger partial charge in [-0.1, -0.05) is 18.1 Å². The van der Waals surface area contributed by atoms with Gasteiger partial charge in [-0.3, -0.25) is 9.78 Å². The Balaban J connectivity index is 1.69. The van der Waals surface area contributed by atoms with Crippen molar-refractivity contribution in [1.29, 1.82) is 0 Å². The highest BCUT2D eigenvalue weighted by atomic mass is 16.5. The first kappa shape index (κ1) is 15.6. The van der Waals surface area contributed by atoms with Crippen molar-refractivity contribution < 1.29 is 9.32 Å². The quantitative estimate of drug-likeness (QED) is 0.869. The van der Waals surface area contributed by atoms with Crippen LogP contribution in [0.4, 0.5) is 0 Å². The third-order valence-electron chi connectivity index (χ3n) is 4.11. The van der Waals surface area contributed by atoms with Gasteiger partial charge in [-0.25, -0.2) is 0 Å². The molecule has 1 N–H and O–H groups in total. The summed E-state index contributed by atoms with van der Waals surface area (Å²) in [4.78, 5) is 22.4. The first-order chi connectivity index (χ1) is 11.2. The number of nitrogens with one attached hydrogen (secondary N) is 1. The second-order valence-corrected chi connectivity index (χ2v) is 5.78. The van der Waals surface area contributed by atoms with E-state index in [1.54, 1.807) is 17.3 Å². The summed E-state index contributed by atoms with van der Waals surface area (Å²) in [5, 5.41) is 7.32. The number of nitrogens with zero attached hydrogens (tertiary/aromatic N) is 4. The summed E-state index contributed by atoms with van der Waals surface area (Å²) in [6.07, 6.45) is 5.78. The maximum atomic E-state index is 12.1. The average molecular weight is 315 g/mol. The van der Waals surface area contributed by atoms with Crippen LogP contribution in [-0.4, -0.2) is 39.0 Å². The van der Waals surface area contributed by atoms with Gasteiger partial charge in [-0.05, 0) is 18.1 Å². The fraction of sp³-hybridized carbons (Fsp3) is 0.500. The van der Waals surface area contributed by atoms with Crippen LogP contribution in [0.2, 0.25) is 0 Å². The fourth-order valence-corrected chi connectivity index (χ4v) is 2.96. The van der Waals surface area contributed by atoms with Crippen LogP contribution in [0, 0.1) is 0 Å². The highest BCUT2D eigenvalue weighted by molar-refractivity contribution is 5.80. The van der Waals surface area contributed by atoms with Gasteiger partial charge >= 0.3 is 0 Å². The molecule has 122 valence electrons. The minimum Gasteiger partial charge on any atom is -0.338 e. The van der Waals surface area contributed by atoms with E-state index in [0.29, 0.717) is 18.9 Å². The van der Waals surface area contributed by atoms with Crippen LogP contribution in [-0.2, 0) is 17.8 Å². The molecule has 7 nitrogen and oxygen atoms in total. The van der Waals surface area contributed by atoms with Gasteiger partial charge in [0.15, 0.2) is 5.82 Å². The molecule has 0 bridgehead atoms. The lowest BCUT2D eigenvalue weighted by molar-refractivity contribution is -0.127. The van der Waals surface area contributed by atoms with Crippen LogP contribution in [0.1, 0.15) is 43.1 Å². The van der Waals surface area contributed by atoms with Crippen LogP contribution in [0.25, 0.3) is 0 Å². The SMILES string of the molecule is CCCc1noc(CN[C@@H]2CC(=O)N(C)[C@H]2c2cccnc2)n1. The summed E-state index contributed by atoms with van der Waals surface area (Å²) in [7, 11) is 1.83. The molecular weight excluding hydrogens is 294 g/mol. The zero-order valence-electron chi connectivity index (χ0n) is 13.4. The zero-order chi connectivity index (χ0) is 16.2. The van der Waals surface area contributed by atoms with E-state index in [1.165, 1.54) is 0 Å². The highest BCUT2D eigenvalue weighted by Crippen LogP contribution is 2.31. The van der Waals surface area contributed by atoms with Crippen molar-refractivity contribution in [2.24, 2.45) is 0 Å². The van der Waals surface area contributed by atoms with Crippen LogP contribution in [0.5, 0.6) is 0 Å². The number of carbonyl (C=O) groups is 1. The molecular formula is C16H21N5O2. The minimum absolute atomic E-state index is 0.00164. The number of hydrogen-bond acceptors (Lipinski definition) is 6. The normalized spacial score (nSPS) is 21.1. The second-order valence-electron chi connectivity index (χ2n) is 5.78. The smallest absolute Gasteiger partial charge is 0.240 e. The Morgan fingerprint density at radius 3 is 3.09 bits per heavy atom. The maximum Gasteiger partial charge on any atom is 0.240 e. The van der Waals surface area contributed by atoms with E-state index in [0.717, 1.165) is 24.2 Å². The molecule has 2 aromatic heterocycles. The van der Waals surface area contributed by atoms with Gasteiger partial charge in [0, 0.05) is 38.3 Å². The molecule has 0 unspecified atom stereocenters. The van der Waals surface area contributed by atoms with Crippen molar-refractivity contribution >= 4 is 5.91 Å². The molecule has 1 saturated heterocycles. The van der Waals surface area contributed by atoms with E-state index in [4.69, 9.17) is 4.52 Å². The lowest BCUT2D eigenvalue weighted by Crippen LogP contribution is -2.34. The maximum absolute atomic E-state index is 12.1. The Morgan fingerprint density at radius 2 is 2.35 bits per heavy atom. The van der Waals surface area contributed by atoms with Gasteiger partial charge in [0.05, 0.1) is 12.6 Å². The molecule has 1 amide bonds. The Labute approximate surface area is 135 Å². The standard InChI is InChI=1S/C16H21N5O2/c1-3-5-13-19-14(23-20-13)10-18-12-8-15(22)21(2)16(12)11-6-4-7-17-9-11/h4,6-7,9,12,16,18H,3,5,8,10H2,1-2H3/t12-,16+/m1/s1. The molecule has 1 aliphatic rings. The molecule has 23 heavy (non-hydrogen) atoms. The van der Waals surface area contributed by atoms with E-state index in [2.05, 4.69) is 27.4 Å². The molecule has 2 atom stereocenters. The molecule has 7 heteroatoms. The van der Waals surface area contributed by atoms with Crippen molar-refractivity contribution in [2.75, 3.05) is 7.05 Å². The predicted octanol–water partition coefficient (Wildman–Crippen LogP) is 1.48. The molecule has 0 aliphatic carbocycles. The molecule has 1 aliphatic heterocycles. The predicted molar refractivity (Wildman–Crippen MR) is 83.3 cm³/mol. The number of pyridine rings is 1. The summed E-state index contributed by atoms with van der Waals surface area (Å²) in [6, 6.07) is 3.85. The summed E-state index contributed by atoms with van der Waals surface area (Å²) in [6.45, 7) is 2.53. The molecule has 0 radical (unpaired) electrons. The monoisotopic (exact) mass is 315 g/mol. The van der Waals surface area contributed by atoms with E-state index in [-0.39, 0.29) is 18.0 Å². The van der Waals surface area contributed by atoms with Gasteiger partial charge in [0.1, 0.15) is 0 Å². The molecule has 0 aromatic carbocycles. The number of likely N-dealkylation sites (tertiary alicyclic amines) is 1. The van der Waals surface area contributed by atoms with E-state index in [1.807, 2.05) is 19.2 Å². The van der Waals surface area contributed by atoms with Crippen molar-refractivity contribution in [3.05, 3.63) is 41.8 Å². The highest BCUT2D eigenvalue weighted by Gasteiger charge is 2.38. The third kappa shape index (κ3) is 3.39. The zero-order valence-corrected chi connectivity index (χ0v) is 13.4. The summed E-state index contributed by atoms with van der Waals surface area (Å²) < 4.78 is 5.24. The molecule has 1 fully saturated rings. The number of likely N-dealkylation sites (N-methyl/N-ethyl adjacent to an activating group) is 1. The van der Waals surface area contributed by atoms with Crippen molar-refractivity contribution in [3.63, 3.8) is 0 Å². The minimum atomic E-state index is -0.0331. The number of carbonyl (C=O) groups excluding carboxylic acids is 1. The van der Waals surface area contributed by atoms with E-state index in [9.17, 15) is 4.79 Å².